The molecule has 2 aromatic heterocycles. The van der Waals surface area contributed by atoms with Gasteiger partial charge in [-0.05, 0) is 24.3 Å². The number of hydrogen-bond donors (Lipinski definition) is 0. The van der Waals surface area contributed by atoms with E-state index in [1.54, 1.807) is 22.9 Å². The fraction of sp³-hybridized carbons (Fsp3) is 0.0667. The third kappa shape index (κ3) is 3.20. The smallest absolute Gasteiger partial charge is 0.183 e. The molecule has 0 saturated heterocycles. The zero-order valence-electron chi connectivity index (χ0n) is 10.8. The summed E-state index contributed by atoms with van der Waals surface area (Å²) in [7, 11) is 0. The molecule has 0 N–H and O–H groups in total. The zero-order chi connectivity index (χ0) is 14.8. The molecule has 3 nitrogen and oxygen atoms in total. The van der Waals surface area contributed by atoms with E-state index in [0.29, 0.717) is 11.7 Å². The number of hydrogen-bond acceptors (Lipinski definition) is 3. The first-order valence-corrected chi connectivity index (χ1v) is 7.44. The molecule has 3 aromatic rings. The molecule has 3 rings (SSSR count). The molecule has 0 fully saturated rings. The number of halogens is 2. The van der Waals surface area contributed by atoms with Gasteiger partial charge in [-0.3, -0.25) is 4.79 Å². The lowest BCUT2D eigenvalue weighted by Gasteiger charge is -2.05. The van der Waals surface area contributed by atoms with Gasteiger partial charge in [-0.2, -0.15) is 0 Å². The molecule has 0 amide bonds. The normalized spacial score (nSPS) is 10.8. The van der Waals surface area contributed by atoms with E-state index in [2.05, 4.69) is 4.98 Å². The predicted molar refractivity (Wildman–Crippen MR) is 82.3 cm³/mol. The maximum atomic E-state index is 12.9. The SMILES string of the molecule is O=c1ccn(Cc2csc(-c3ccc(F)cc3)n2)c(Cl)c1. The molecule has 2 heterocycles. The quantitative estimate of drug-likeness (QED) is 0.688. The summed E-state index contributed by atoms with van der Waals surface area (Å²) in [6, 6.07) is 9.05. The van der Waals surface area contributed by atoms with E-state index in [-0.39, 0.29) is 11.2 Å². The molecule has 0 aliphatic carbocycles. The fourth-order valence-corrected chi connectivity index (χ4v) is 2.93. The predicted octanol–water partition coefficient (Wildman–Crippen LogP) is 3.81. The summed E-state index contributed by atoms with van der Waals surface area (Å²) in [5.41, 5.74) is 1.59. The number of rotatable bonds is 3. The van der Waals surface area contributed by atoms with Gasteiger partial charge in [-0.25, -0.2) is 9.37 Å². The Labute approximate surface area is 129 Å². The van der Waals surface area contributed by atoms with Crippen LogP contribution < -0.4 is 5.43 Å². The second-order valence-electron chi connectivity index (χ2n) is 4.46. The standard InChI is InChI=1S/C15H10ClFN2OS/c16-14-7-13(20)5-6-19(14)8-12-9-21-15(18-12)10-1-3-11(17)4-2-10/h1-7,9H,8H2. The minimum atomic E-state index is -0.268. The summed E-state index contributed by atoms with van der Waals surface area (Å²) < 4.78 is 14.7. The van der Waals surface area contributed by atoms with Crippen molar-refractivity contribution in [1.29, 1.82) is 0 Å². The second kappa shape index (κ2) is 5.79. The van der Waals surface area contributed by atoms with Crippen LogP contribution in [0.5, 0.6) is 0 Å². The first-order chi connectivity index (χ1) is 10.1. The number of benzene rings is 1. The van der Waals surface area contributed by atoms with Crippen molar-refractivity contribution < 1.29 is 4.39 Å². The first-order valence-electron chi connectivity index (χ1n) is 6.18. The topological polar surface area (TPSA) is 34.9 Å². The maximum absolute atomic E-state index is 12.9. The highest BCUT2D eigenvalue weighted by Crippen LogP contribution is 2.24. The Morgan fingerprint density at radius 3 is 2.71 bits per heavy atom. The average molecular weight is 321 g/mol. The Morgan fingerprint density at radius 2 is 2.00 bits per heavy atom. The monoisotopic (exact) mass is 320 g/mol. The Balaban J connectivity index is 1.85. The molecule has 6 heteroatoms. The number of nitrogens with zero attached hydrogens (tertiary/aromatic N) is 2. The molecule has 0 bridgehead atoms. The third-order valence-corrected chi connectivity index (χ3v) is 4.20. The van der Waals surface area contributed by atoms with Crippen LogP contribution in [0.3, 0.4) is 0 Å². The van der Waals surface area contributed by atoms with Crippen molar-refractivity contribution in [2.75, 3.05) is 0 Å². The summed E-state index contributed by atoms with van der Waals surface area (Å²) in [6.07, 6.45) is 1.64. The summed E-state index contributed by atoms with van der Waals surface area (Å²) in [5.74, 6) is -0.268. The van der Waals surface area contributed by atoms with E-state index in [9.17, 15) is 9.18 Å². The van der Waals surface area contributed by atoms with Crippen LogP contribution in [0.4, 0.5) is 4.39 Å². The van der Waals surface area contributed by atoms with Gasteiger partial charge >= 0.3 is 0 Å². The average Bonchev–Trinajstić information content (AvgIpc) is 2.91. The van der Waals surface area contributed by atoms with Gasteiger partial charge < -0.3 is 4.57 Å². The van der Waals surface area contributed by atoms with Gasteiger partial charge in [0.1, 0.15) is 16.0 Å². The molecule has 0 aliphatic heterocycles. The van der Waals surface area contributed by atoms with E-state index >= 15 is 0 Å². The fourth-order valence-electron chi connectivity index (χ4n) is 1.89. The van der Waals surface area contributed by atoms with Gasteiger partial charge in [0.15, 0.2) is 5.43 Å². The molecule has 21 heavy (non-hydrogen) atoms. The van der Waals surface area contributed by atoms with Gasteiger partial charge in [-0.15, -0.1) is 11.3 Å². The summed E-state index contributed by atoms with van der Waals surface area (Å²) >= 11 is 7.50. The van der Waals surface area contributed by atoms with E-state index in [1.165, 1.54) is 35.6 Å². The Kier molecular flexibility index (Phi) is 3.86. The molecular formula is C15H10ClFN2OS. The lowest BCUT2D eigenvalue weighted by Crippen LogP contribution is -2.07. The van der Waals surface area contributed by atoms with E-state index in [1.807, 2.05) is 5.38 Å². The van der Waals surface area contributed by atoms with E-state index in [0.717, 1.165) is 16.3 Å². The van der Waals surface area contributed by atoms with Crippen molar-refractivity contribution in [3.05, 3.63) is 74.9 Å². The van der Waals surface area contributed by atoms with Crippen LogP contribution in [0.2, 0.25) is 5.15 Å². The summed E-state index contributed by atoms with van der Waals surface area (Å²) in [4.78, 5) is 15.7. The van der Waals surface area contributed by atoms with Crippen LogP contribution in [0.25, 0.3) is 10.6 Å². The first kappa shape index (κ1) is 14.0. The van der Waals surface area contributed by atoms with Gasteiger partial charge in [-0.1, -0.05) is 11.6 Å². The highest BCUT2D eigenvalue weighted by molar-refractivity contribution is 7.13. The lowest BCUT2D eigenvalue weighted by molar-refractivity contribution is 0.628. The van der Waals surface area contributed by atoms with Crippen LogP contribution in [0.15, 0.2) is 52.8 Å². The molecule has 0 unspecified atom stereocenters. The molecule has 0 saturated carbocycles. The minimum absolute atomic E-state index is 0.124. The van der Waals surface area contributed by atoms with Crippen LogP contribution in [-0.4, -0.2) is 9.55 Å². The van der Waals surface area contributed by atoms with Gasteiger partial charge in [0.2, 0.25) is 0 Å². The van der Waals surface area contributed by atoms with Crippen LogP contribution in [0.1, 0.15) is 5.69 Å². The van der Waals surface area contributed by atoms with Gasteiger partial charge in [0, 0.05) is 29.3 Å². The van der Waals surface area contributed by atoms with Crippen LogP contribution >= 0.6 is 22.9 Å². The minimum Gasteiger partial charge on any atom is -0.332 e. The molecule has 106 valence electrons. The largest absolute Gasteiger partial charge is 0.332 e. The Bertz CT molecular complexity index is 826. The molecule has 0 aliphatic rings. The molecule has 0 atom stereocenters. The van der Waals surface area contributed by atoms with E-state index < -0.39 is 0 Å². The van der Waals surface area contributed by atoms with Crippen LogP contribution in [-0.2, 0) is 6.54 Å². The highest BCUT2D eigenvalue weighted by atomic mass is 35.5. The van der Waals surface area contributed by atoms with Crippen molar-refractivity contribution in [1.82, 2.24) is 9.55 Å². The lowest BCUT2D eigenvalue weighted by atomic mass is 10.2. The van der Waals surface area contributed by atoms with Crippen molar-refractivity contribution in [2.24, 2.45) is 0 Å². The van der Waals surface area contributed by atoms with Crippen LogP contribution in [0, 0.1) is 5.82 Å². The molecule has 0 spiro atoms. The van der Waals surface area contributed by atoms with Gasteiger partial charge in [0.05, 0.1) is 12.2 Å². The number of thiazole rings is 1. The summed E-state index contributed by atoms with van der Waals surface area (Å²) in [5, 5.41) is 3.12. The Hall–Kier alpha value is -1.98. The Morgan fingerprint density at radius 1 is 1.24 bits per heavy atom. The number of pyridine rings is 1. The molecule has 0 radical (unpaired) electrons. The van der Waals surface area contributed by atoms with Crippen molar-refractivity contribution >= 4 is 22.9 Å². The maximum Gasteiger partial charge on any atom is 0.183 e. The zero-order valence-corrected chi connectivity index (χ0v) is 12.4. The molecule has 1 aromatic carbocycles. The van der Waals surface area contributed by atoms with E-state index in [4.69, 9.17) is 11.6 Å². The third-order valence-electron chi connectivity index (χ3n) is 2.93. The van der Waals surface area contributed by atoms with Crippen molar-refractivity contribution in [3.8, 4) is 10.6 Å². The second-order valence-corrected chi connectivity index (χ2v) is 5.71. The number of aromatic nitrogens is 2. The summed E-state index contributed by atoms with van der Waals surface area (Å²) in [6.45, 7) is 0.483. The van der Waals surface area contributed by atoms with Crippen molar-refractivity contribution in [2.45, 2.75) is 6.54 Å². The molecular weight excluding hydrogens is 311 g/mol. The highest BCUT2D eigenvalue weighted by Gasteiger charge is 2.06. The van der Waals surface area contributed by atoms with Gasteiger partial charge in [0.25, 0.3) is 0 Å². The van der Waals surface area contributed by atoms with Crippen molar-refractivity contribution in [3.63, 3.8) is 0 Å².